The molecular weight excluding hydrogens is 377 g/mol. The Morgan fingerprint density at radius 2 is 2.23 bits per heavy atom. The summed E-state index contributed by atoms with van der Waals surface area (Å²) in [5, 5.41) is 10.3. The molecule has 0 spiro atoms. The normalized spacial score (nSPS) is 15.4. The lowest BCUT2D eigenvalue weighted by Gasteiger charge is -2.15. The van der Waals surface area contributed by atoms with E-state index in [9.17, 15) is 9.18 Å². The number of carbonyl (C=O) groups excluding carboxylic acids is 1. The molecule has 0 radical (unpaired) electrons. The van der Waals surface area contributed by atoms with E-state index in [4.69, 9.17) is 27.5 Å². The highest BCUT2D eigenvalue weighted by molar-refractivity contribution is 8.01. The monoisotopic (exact) mass is 393 g/mol. The molecule has 1 amide bonds. The second-order valence-corrected chi connectivity index (χ2v) is 7.53. The number of amidine groups is 1. The van der Waals surface area contributed by atoms with Gasteiger partial charge in [0.15, 0.2) is 0 Å². The molecule has 1 aliphatic heterocycles. The quantitative estimate of drug-likeness (QED) is 0.529. The fourth-order valence-corrected chi connectivity index (χ4v) is 4.12. The minimum Gasteiger partial charge on any atom is -0.487 e. The van der Waals surface area contributed by atoms with E-state index in [2.05, 4.69) is 5.32 Å². The Kier molecular flexibility index (Phi) is 5.38. The average Bonchev–Trinajstić information content (AvgIpc) is 3.02. The minimum atomic E-state index is -0.487. The summed E-state index contributed by atoms with van der Waals surface area (Å²) < 4.78 is 19.1. The third-order valence-corrected chi connectivity index (χ3v) is 5.59. The summed E-state index contributed by atoms with van der Waals surface area (Å²) in [7, 11) is 0. The molecule has 0 aliphatic carbocycles. The minimum absolute atomic E-state index is 0.0296. The Morgan fingerprint density at radius 3 is 2.88 bits per heavy atom. The summed E-state index contributed by atoms with van der Waals surface area (Å²) in [6.45, 7) is 1.59. The maximum atomic E-state index is 13.3. The van der Waals surface area contributed by atoms with Crippen LogP contribution in [0, 0.1) is 11.2 Å². The lowest BCUT2D eigenvalue weighted by Crippen LogP contribution is -2.24. The van der Waals surface area contributed by atoms with Gasteiger partial charge < -0.3 is 15.8 Å². The molecule has 1 aliphatic rings. The molecule has 3 rings (SSSR count). The van der Waals surface area contributed by atoms with E-state index in [0.717, 1.165) is 10.5 Å². The number of amides is 1. The molecule has 1 atom stereocenters. The topological polar surface area (TPSA) is 88.2 Å². The number of fused-ring (bicyclic) bond motifs is 1. The Balaban J connectivity index is 1.87. The number of ether oxygens (including phenoxy) is 1. The van der Waals surface area contributed by atoms with Gasteiger partial charge in [-0.1, -0.05) is 23.7 Å². The van der Waals surface area contributed by atoms with Crippen molar-refractivity contribution in [1.82, 2.24) is 0 Å². The molecular formula is C18H17ClFN3O2S. The Bertz CT molecular complexity index is 891. The van der Waals surface area contributed by atoms with Crippen LogP contribution < -0.4 is 15.8 Å². The highest BCUT2D eigenvalue weighted by atomic mass is 35.5. The highest BCUT2D eigenvalue weighted by Crippen LogP contribution is 2.46. The van der Waals surface area contributed by atoms with E-state index in [1.807, 2.05) is 6.07 Å². The summed E-state index contributed by atoms with van der Waals surface area (Å²) in [4.78, 5) is 12.5. The first-order valence-electron chi connectivity index (χ1n) is 7.86. The molecule has 1 heterocycles. The van der Waals surface area contributed by atoms with Gasteiger partial charge in [-0.25, -0.2) is 4.39 Å². The number of nitrogens with one attached hydrogen (secondary N) is 2. The second kappa shape index (κ2) is 7.55. The first-order chi connectivity index (χ1) is 12.3. The molecule has 8 heteroatoms. The molecule has 26 heavy (non-hydrogen) atoms. The predicted octanol–water partition coefficient (Wildman–Crippen LogP) is 3.97. The van der Waals surface area contributed by atoms with Crippen molar-refractivity contribution in [3.63, 3.8) is 0 Å². The van der Waals surface area contributed by atoms with E-state index in [1.165, 1.54) is 30.8 Å². The Morgan fingerprint density at radius 1 is 1.46 bits per heavy atom. The van der Waals surface area contributed by atoms with Gasteiger partial charge in [0, 0.05) is 11.8 Å². The fourth-order valence-electron chi connectivity index (χ4n) is 2.67. The molecule has 4 N–H and O–H groups in total. The predicted molar refractivity (Wildman–Crippen MR) is 102 cm³/mol. The van der Waals surface area contributed by atoms with E-state index < -0.39 is 5.82 Å². The molecule has 2 aromatic rings. The van der Waals surface area contributed by atoms with Crippen LogP contribution in [0.2, 0.25) is 5.02 Å². The van der Waals surface area contributed by atoms with Crippen LogP contribution in [0.5, 0.6) is 5.75 Å². The zero-order valence-electron chi connectivity index (χ0n) is 13.9. The van der Waals surface area contributed by atoms with Crippen LogP contribution in [-0.4, -0.2) is 17.0 Å². The van der Waals surface area contributed by atoms with E-state index in [-0.39, 0.29) is 28.6 Å². The molecule has 136 valence electrons. The number of hydrogen-bond acceptors (Lipinski definition) is 4. The lowest BCUT2D eigenvalue weighted by atomic mass is 10.1. The molecule has 1 unspecified atom stereocenters. The number of thioether (sulfide) groups is 1. The summed E-state index contributed by atoms with van der Waals surface area (Å²) in [6.07, 6.45) is 0.635. The van der Waals surface area contributed by atoms with Crippen LogP contribution in [0.15, 0.2) is 35.2 Å². The third kappa shape index (κ3) is 3.94. The van der Waals surface area contributed by atoms with Crippen LogP contribution in [-0.2, 0) is 17.8 Å². The maximum Gasteiger partial charge on any atom is 0.221 e. The van der Waals surface area contributed by atoms with Crippen LogP contribution >= 0.6 is 23.4 Å². The maximum absolute atomic E-state index is 13.3. The molecule has 0 bridgehead atoms. The number of rotatable bonds is 5. The standard InChI is InChI=1S/C18H17ClFN3O2S/c1-9(24)23-16-14(25-8-10-2-4-13(20)12(19)6-10)5-3-11-7-15(18(21)22)26-17(11)16/h2-6,15H,7-8H2,1H3,(H3,21,22)(H,23,24). The molecule has 0 fully saturated rings. The van der Waals surface area contributed by atoms with E-state index in [0.29, 0.717) is 23.4 Å². The summed E-state index contributed by atoms with van der Waals surface area (Å²) in [5.41, 5.74) is 7.91. The van der Waals surface area contributed by atoms with Gasteiger partial charge >= 0.3 is 0 Å². The first-order valence-corrected chi connectivity index (χ1v) is 9.11. The molecule has 0 aromatic heterocycles. The van der Waals surface area contributed by atoms with Crippen molar-refractivity contribution in [2.24, 2.45) is 5.73 Å². The van der Waals surface area contributed by atoms with Crippen molar-refractivity contribution in [1.29, 1.82) is 5.41 Å². The second-order valence-electron chi connectivity index (χ2n) is 5.91. The summed E-state index contributed by atoms with van der Waals surface area (Å²) >= 11 is 7.23. The van der Waals surface area contributed by atoms with Gasteiger partial charge in [-0.3, -0.25) is 10.2 Å². The number of anilines is 1. The van der Waals surface area contributed by atoms with Crippen LogP contribution in [0.4, 0.5) is 10.1 Å². The van der Waals surface area contributed by atoms with Crippen molar-refractivity contribution in [2.45, 2.75) is 30.1 Å². The summed E-state index contributed by atoms with van der Waals surface area (Å²) in [5.74, 6) is -0.113. The van der Waals surface area contributed by atoms with Crippen molar-refractivity contribution >= 4 is 40.8 Å². The van der Waals surface area contributed by atoms with E-state index >= 15 is 0 Å². The Hall–Kier alpha value is -2.25. The summed E-state index contributed by atoms with van der Waals surface area (Å²) in [6, 6.07) is 8.06. The van der Waals surface area contributed by atoms with Crippen LogP contribution in [0.25, 0.3) is 0 Å². The fraction of sp³-hybridized carbons (Fsp3) is 0.222. The van der Waals surface area contributed by atoms with Crippen LogP contribution in [0.1, 0.15) is 18.1 Å². The van der Waals surface area contributed by atoms with Crippen molar-refractivity contribution in [3.05, 3.63) is 52.3 Å². The van der Waals surface area contributed by atoms with Gasteiger partial charge in [0.25, 0.3) is 0 Å². The van der Waals surface area contributed by atoms with Gasteiger partial charge in [0.05, 0.1) is 16.0 Å². The number of benzene rings is 2. The molecule has 0 saturated heterocycles. The highest BCUT2D eigenvalue weighted by Gasteiger charge is 2.29. The largest absolute Gasteiger partial charge is 0.487 e. The van der Waals surface area contributed by atoms with Gasteiger partial charge in [-0.2, -0.15) is 0 Å². The van der Waals surface area contributed by atoms with Gasteiger partial charge in [0.2, 0.25) is 5.91 Å². The molecule has 0 saturated carbocycles. The van der Waals surface area contributed by atoms with Crippen molar-refractivity contribution in [2.75, 3.05) is 5.32 Å². The Labute approximate surface area is 159 Å². The lowest BCUT2D eigenvalue weighted by molar-refractivity contribution is -0.114. The number of hydrogen-bond donors (Lipinski definition) is 3. The number of halogens is 2. The zero-order chi connectivity index (χ0) is 18.8. The third-order valence-electron chi connectivity index (χ3n) is 3.89. The number of nitrogens with two attached hydrogens (primary N) is 1. The van der Waals surface area contributed by atoms with Gasteiger partial charge in [-0.15, -0.1) is 11.8 Å². The van der Waals surface area contributed by atoms with Gasteiger partial charge in [0.1, 0.15) is 24.0 Å². The average molecular weight is 394 g/mol. The van der Waals surface area contributed by atoms with Gasteiger partial charge in [-0.05, 0) is 35.7 Å². The SMILES string of the molecule is CC(=O)Nc1c(OCc2ccc(F)c(Cl)c2)ccc2c1SC(C(=N)N)C2. The van der Waals surface area contributed by atoms with E-state index in [1.54, 1.807) is 12.1 Å². The molecule has 2 aromatic carbocycles. The first kappa shape index (κ1) is 18.5. The van der Waals surface area contributed by atoms with Crippen LogP contribution in [0.3, 0.4) is 0 Å². The van der Waals surface area contributed by atoms with Crippen molar-refractivity contribution in [3.8, 4) is 5.75 Å². The zero-order valence-corrected chi connectivity index (χ0v) is 15.5. The molecule has 5 nitrogen and oxygen atoms in total. The number of carbonyl (C=O) groups is 1. The van der Waals surface area contributed by atoms with Crippen molar-refractivity contribution < 1.29 is 13.9 Å². The smallest absolute Gasteiger partial charge is 0.221 e.